The molecule has 1 aromatic heterocycles. The fraction of sp³-hybridized carbons (Fsp3) is 0.176. The van der Waals surface area contributed by atoms with Crippen LogP contribution in [0, 0.1) is 10.1 Å². The van der Waals surface area contributed by atoms with E-state index in [1.165, 1.54) is 12.1 Å². The first-order valence-electron chi connectivity index (χ1n) is 7.75. The van der Waals surface area contributed by atoms with Crippen LogP contribution in [0.3, 0.4) is 0 Å². The molecular weight excluding hydrogens is 338 g/mol. The molecule has 1 heterocycles. The van der Waals surface area contributed by atoms with E-state index in [-0.39, 0.29) is 12.3 Å². The molecule has 134 valence electrons. The Hall–Kier alpha value is -3.46. The molecule has 0 aliphatic heterocycles. The van der Waals surface area contributed by atoms with Gasteiger partial charge in [-0.1, -0.05) is 18.2 Å². The van der Waals surface area contributed by atoms with E-state index in [9.17, 15) is 10.1 Å². The van der Waals surface area contributed by atoms with Gasteiger partial charge in [0.1, 0.15) is 18.1 Å². The molecule has 2 aromatic carbocycles. The van der Waals surface area contributed by atoms with Crippen molar-refractivity contribution in [3.05, 3.63) is 75.9 Å². The second kappa shape index (κ2) is 7.62. The number of H-pyrrole nitrogens is 1. The molecule has 26 heavy (non-hydrogen) atoms. The van der Waals surface area contributed by atoms with Crippen LogP contribution in [0.15, 0.2) is 48.5 Å². The Bertz CT molecular complexity index is 894. The number of nitrogens with one attached hydrogen (secondary N) is 1. The fourth-order valence-electron chi connectivity index (χ4n) is 2.31. The Labute approximate surface area is 148 Å². The molecule has 0 fully saturated rings. The standard InChI is InChI=1S/C17H17N5O4/c1-25-13-7-5-11(6-8-13)16(18)17-19-15(20-21-17)10-26-14-4-2-3-12(9-14)22(23)24/h2-9,16H,10,18H2,1H3,(H,19,20,21). The van der Waals surface area contributed by atoms with Gasteiger partial charge in [-0.2, -0.15) is 5.10 Å². The quantitative estimate of drug-likeness (QED) is 0.491. The maximum Gasteiger partial charge on any atom is 0.273 e. The Morgan fingerprint density at radius 2 is 2.00 bits per heavy atom. The number of nitrogens with zero attached hydrogens (tertiary/aromatic N) is 3. The van der Waals surface area contributed by atoms with Gasteiger partial charge in [-0.3, -0.25) is 15.2 Å². The summed E-state index contributed by atoms with van der Waals surface area (Å²) in [5.41, 5.74) is 6.98. The predicted molar refractivity (Wildman–Crippen MR) is 92.8 cm³/mol. The van der Waals surface area contributed by atoms with E-state index in [0.717, 1.165) is 11.3 Å². The SMILES string of the molecule is COc1ccc(C(N)c2n[nH]c(COc3cccc([N+](=O)[O-])c3)n2)cc1. The van der Waals surface area contributed by atoms with Crippen molar-refractivity contribution >= 4 is 5.69 Å². The first-order valence-corrected chi connectivity index (χ1v) is 7.75. The first kappa shape index (κ1) is 17.4. The highest BCUT2D eigenvalue weighted by atomic mass is 16.6. The van der Waals surface area contributed by atoms with Gasteiger partial charge in [0.15, 0.2) is 11.6 Å². The van der Waals surface area contributed by atoms with Crippen LogP contribution >= 0.6 is 0 Å². The van der Waals surface area contributed by atoms with Crippen molar-refractivity contribution in [1.29, 1.82) is 0 Å². The minimum atomic E-state index is -0.497. The second-order valence-corrected chi connectivity index (χ2v) is 5.43. The van der Waals surface area contributed by atoms with Gasteiger partial charge < -0.3 is 15.2 Å². The van der Waals surface area contributed by atoms with Crippen molar-refractivity contribution in [2.24, 2.45) is 5.73 Å². The normalized spacial score (nSPS) is 11.8. The highest BCUT2D eigenvalue weighted by Crippen LogP contribution is 2.21. The summed E-state index contributed by atoms with van der Waals surface area (Å²) in [7, 11) is 1.60. The first-order chi connectivity index (χ1) is 12.6. The van der Waals surface area contributed by atoms with E-state index < -0.39 is 11.0 Å². The Morgan fingerprint density at radius 1 is 1.23 bits per heavy atom. The van der Waals surface area contributed by atoms with Crippen molar-refractivity contribution in [3.63, 3.8) is 0 Å². The number of nitro groups is 1. The largest absolute Gasteiger partial charge is 0.497 e. The van der Waals surface area contributed by atoms with Crippen molar-refractivity contribution in [2.75, 3.05) is 7.11 Å². The number of methoxy groups -OCH3 is 1. The van der Waals surface area contributed by atoms with Crippen LogP contribution in [0.25, 0.3) is 0 Å². The minimum Gasteiger partial charge on any atom is -0.497 e. The molecule has 0 aliphatic rings. The molecule has 9 heteroatoms. The number of benzene rings is 2. The molecule has 9 nitrogen and oxygen atoms in total. The van der Waals surface area contributed by atoms with Crippen LogP contribution in [0.4, 0.5) is 5.69 Å². The maximum atomic E-state index is 10.8. The zero-order chi connectivity index (χ0) is 18.5. The molecule has 0 radical (unpaired) electrons. The lowest BCUT2D eigenvalue weighted by Gasteiger charge is -2.08. The lowest BCUT2D eigenvalue weighted by molar-refractivity contribution is -0.384. The average molecular weight is 355 g/mol. The van der Waals surface area contributed by atoms with Gasteiger partial charge in [-0.05, 0) is 23.8 Å². The summed E-state index contributed by atoms with van der Waals surface area (Å²) >= 11 is 0. The lowest BCUT2D eigenvalue weighted by atomic mass is 10.1. The van der Waals surface area contributed by atoms with Gasteiger partial charge in [-0.25, -0.2) is 4.98 Å². The molecule has 3 aromatic rings. The van der Waals surface area contributed by atoms with E-state index >= 15 is 0 Å². The average Bonchev–Trinajstić information content (AvgIpc) is 3.15. The van der Waals surface area contributed by atoms with E-state index in [2.05, 4.69) is 15.2 Å². The summed E-state index contributed by atoms with van der Waals surface area (Å²) in [6, 6.07) is 12.8. The number of hydrogen-bond acceptors (Lipinski definition) is 7. The molecule has 0 spiro atoms. The number of rotatable bonds is 7. The molecule has 0 saturated carbocycles. The number of ether oxygens (including phenoxy) is 2. The van der Waals surface area contributed by atoms with Gasteiger partial charge in [0.05, 0.1) is 24.1 Å². The van der Waals surface area contributed by atoms with Crippen molar-refractivity contribution in [3.8, 4) is 11.5 Å². The van der Waals surface area contributed by atoms with Crippen molar-refractivity contribution in [1.82, 2.24) is 15.2 Å². The number of hydrogen-bond donors (Lipinski definition) is 2. The van der Waals surface area contributed by atoms with E-state index in [1.54, 1.807) is 19.2 Å². The van der Waals surface area contributed by atoms with E-state index in [4.69, 9.17) is 15.2 Å². The monoisotopic (exact) mass is 355 g/mol. The highest BCUT2D eigenvalue weighted by Gasteiger charge is 2.15. The van der Waals surface area contributed by atoms with Gasteiger partial charge in [-0.15, -0.1) is 0 Å². The Morgan fingerprint density at radius 3 is 2.69 bits per heavy atom. The van der Waals surface area contributed by atoms with Crippen LogP contribution in [0.2, 0.25) is 0 Å². The summed E-state index contributed by atoms with van der Waals surface area (Å²) in [5.74, 6) is 2.00. The van der Waals surface area contributed by atoms with Crippen molar-refractivity contribution < 1.29 is 14.4 Å². The summed E-state index contributed by atoms with van der Waals surface area (Å²) in [4.78, 5) is 14.6. The Balaban J connectivity index is 1.65. The summed E-state index contributed by atoms with van der Waals surface area (Å²) in [5, 5.41) is 17.7. The van der Waals surface area contributed by atoms with Crippen LogP contribution in [-0.2, 0) is 6.61 Å². The smallest absolute Gasteiger partial charge is 0.273 e. The minimum absolute atomic E-state index is 0.0395. The number of non-ortho nitro benzene ring substituents is 1. The van der Waals surface area contributed by atoms with Crippen LogP contribution in [0.5, 0.6) is 11.5 Å². The van der Waals surface area contributed by atoms with E-state index in [1.807, 2.05) is 24.3 Å². The molecule has 1 atom stereocenters. The summed E-state index contributed by atoms with van der Waals surface area (Å²) in [6.07, 6.45) is 0. The molecular formula is C17H17N5O4. The topological polar surface area (TPSA) is 129 Å². The van der Waals surface area contributed by atoms with Crippen LogP contribution in [-0.4, -0.2) is 27.2 Å². The summed E-state index contributed by atoms with van der Waals surface area (Å²) < 4.78 is 10.6. The fourth-order valence-corrected chi connectivity index (χ4v) is 2.31. The molecule has 0 aliphatic carbocycles. The number of nitrogens with two attached hydrogens (primary N) is 1. The number of aromatic nitrogens is 3. The zero-order valence-corrected chi connectivity index (χ0v) is 14.0. The molecule has 3 N–H and O–H groups in total. The molecule has 1 unspecified atom stereocenters. The van der Waals surface area contributed by atoms with Gasteiger partial charge >= 0.3 is 0 Å². The third-order valence-corrected chi connectivity index (χ3v) is 3.71. The van der Waals surface area contributed by atoms with Gasteiger partial charge in [0.2, 0.25) is 0 Å². The second-order valence-electron chi connectivity index (χ2n) is 5.43. The summed E-state index contributed by atoms with van der Waals surface area (Å²) in [6.45, 7) is 0.0868. The molecule has 0 saturated heterocycles. The van der Waals surface area contributed by atoms with Crippen LogP contribution < -0.4 is 15.2 Å². The van der Waals surface area contributed by atoms with Crippen molar-refractivity contribution in [2.45, 2.75) is 12.6 Å². The number of nitro benzene ring substituents is 1. The zero-order valence-electron chi connectivity index (χ0n) is 14.0. The third-order valence-electron chi connectivity index (χ3n) is 3.71. The third kappa shape index (κ3) is 3.95. The lowest BCUT2D eigenvalue weighted by Crippen LogP contribution is -2.13. The molecule has 0 amide bonds. The van der Waals surface area contributed by atoms with Gasteiger partial charge in [0.25, 0.3) is 5.69 Å². The van der Waals surface area contributed by atoms with Crippen LogP contribution in [0.1, 0.15) is 23.3 Å². The van der Waals surface area contributed by atoms with Gasteiger partial charge in [0, 0.05) is 6.07 Å². The molecule has 3 rings (SSSR count). The highest BCUT2D eigenvalue weighted by molar-refractivity contribution is 5.38. The predicted octanol–water partition coefficient (Wildman–Crippen LogP) is 2.35. The maximum absolute atomic E-state index is 10.8. The number of aromatic amines is 1. The molecule has 0 bridgehead atoms. The Kier molecular flexibility index (Phi) is 5.09. The van der Waals surface area contributed by atoms with E-state index in [0.29, 0.717) is 17.4 Å².